The van der Waals surface area contributed by atoms with Gasteiger partial charge in [-0.2, -0.15) is 5.10 Å². The van der Waals surface area contributed by atoms with Crippen molar-refractivity contribution in [2.24, 2.45) is 0 Å². The fourth-order valence-corrected chi connectivity index (χ4v) is 3.84. The fraction of sp³-hybridized carbons (Fsp3) is 0.238. The maximum absolute atomic E-state index is 9.49. The molecule has 0 bridgehead atoms. The molecule has 6 heteroatoms. The third-order valence-electron chi connectivity index (χ3n) is 5.20. The molecule has 0 unspecified atom stereocenters. The number of aryl methyl sites for hydroxylation is 1. The summed E-state index contributed by atoms with van der Waals surface area (Å²) in [5.74, 6) is 1.33. The van der Waals surface area contributed by atoms with Gasteiger partial charge in [-0.25, -0.2) is 9.50 Å². The maximum atomic E-state index is 9.49. The van der Waals surface area contributed by atoms with Crippen molar-refractivity contribution in [3.63, 3.8) is 0 Å². The number of aromatic hydroxyl groups is 1. The van der Waals surface area contributed by atoms with Gasteiger partial charge in [0.15, 0.2) is 5.65 Å². The van der Waals surface area contributed by atoms with Crippen LogP contribution in [0.5, 0.6) is 5.75 Å². The second kappa shape index (κ2) is 6.16. The van der Waals surface area contributed by atoms with Crippen molar-refractivity contribution < 1.29 is 5.11 Å². The summed E-state index contributed by atoms with van der Waals surface area (Å²) in [5.41, 5.74) is 4.10. The Bertz CT molecular complexity index is 1110. The van der Waals surface area contributed by atoms with Gasteiger partial charge in [0.05, 0.1) is 11.2 Å². The molecule has 6 nitrogen and oxygen atoms in total. The molecular formula is C21H21N5O. The topological polar surface area (TPSA) is 56.9 Å². The van der Waals surface area contributed by atoms with Crippen LogP contribution in [-0.2, 0) is 0 Å². The first-order chi connectivity index (χ1) is 13.2. The third kappa shape index (κ3) is 2.73. The van der Waals surface area contributed by atoms with E-state index in [1.54, 1.807) is 12.1 Å². The Hall–Kier alpha value is -3.28. The van der Waals surface area contributed by atoms with Crippen molar-refractivity contribution in [1.82, 2.24) is 14.6 Å². The van der Waals surface area contributed by atoms with Gasteiger partial charge in [0.25, 0.3) is 0 Å². The minimum atomic E-state index is 0.303. The lowest BCUT2D eigenvalue weighted by molar-refractivity contribution is 0.475. The molecule has 4 aromatic rings. The molecule has 1 saturated heterocycles. The van der Waals surface area contributed by atoms with E-state index in [2.05, 4.69) is 33.1 Å². The van der Waals surface area contributed by atoms with E-state index in [1.807, 2.05) is 35.7 Å². The Morgan fingerprint density at radius 3 is 2.37 bits per heavy atom. The Balaban J connectivity index is 1.48. The predicted molar refractivity (Wildman–Crippen MR) is 108 cm³/mol. The van der Waals surface area contributed by atoms with Crippen molar-refractivity contribution in [1.29, 1.82) is 0 Å². The number of hydrogen-bond donors (Lipinski definition) is 1. The number of aromatic nitrogens is 3. The molecule has 1 fully saturated rings. The van der Waals surface area contributed by atoms with E-state index < -0.39 is 0 Å². The number of para-hydroxylation sites is 1. The predicted octanol–water partition coefficient (Wildman–Crippen LogP) is 3.22. The molecule has 0 spiro atoms. The molecule has 136 valence electrons. The van der Waals surface area contributed by atoms with Gasteiger partial charge >= 0.3 is 0 Å². The number of anilines is 2. The molecule has 5 rings (SSSR count). The van der Waals surface area contributed by atoms with Gasteiger partial charge in [-0.1, -0.05) is 12.1 Å². The van der Waals surface area contributed by atoms with Crippen LogP contribution in [0, 0.1) is 6.92 Å². The van der Waals surface area contributed by atoms with E-state index in [0.29, 0.717) is 5.75 Å². The number of rotatable bonds is 2. The molecule has 27 heavy (non-hydrogen) atoms. The largest absolute Gasteiger partial charge is 0.508 e. The van der Waals surface area contributed by atoms with Crippen LogP contribution in [0.4, 0.5) is 11.5 Å². The quantitative estimate of drug-likeness (QED) is 0.596. The van der Waals surface area contributed by atoms with Gasteiger partial charge in [-0.15, -0.1) is 0 Å². The lowest BCUT2D eigenvalue weighted by Gasteiger charge is -2.37. The van der Waals surface area contributed by atoms with Gasteiger partial charge in [-0.3, -0.25) is 0 Å². The highest BCUT2D eigenvalue weighted by molar-refractivity contribution is 5.91. The minimum Gasteiger partial charge on any atom is -0.508 e. The van der Waals surface area contributed by atoms with Gasteiger partial charge in [0, 0.05) is 43.3 Å². The summed E-state index contributed by atoms with van der Waals surface area (Å²) in [4.78, 5) is 9.64. The molecule has 1 aliphatic rings. The normalized spacial score (nSPS) is 15.0. The third-order valence-corrected chi connectivity index (χ3v) is 5.20. The molecule has 0 aliphatic carbocycles. The fourth-order valence-electron chi connectivity index (χ4n) is 3.84. The summed E-state index contributed by atoms with van der Waals surface area (Å²) >= 11 is 0. The first-order valence-corrected chi connectivity index (χ1v) is 9.23. The monoisotopic (exact) mass is 359 g/mol. The van der Waals surface area contributed by atoms with Crippen LogP contribution < -0.4 is 9.80 Å². The zero-order chi connectivity index (χ0) is 18.4. The Morgan fingerprint density at radius 2 is 1.59 bits per heavy atom. The number of hydrogen-bond acceptors (Lipinski definition) is 5. The van der Waals surface area contributed by atoms with E-state index in [0.717, 1.165) is 59.9 Å². The van der Waals surface area contributed by atoms with Gasteiger partial charge in [-0.05, 0) is 43.3 Å². The molecular weight excluding hydrogens is 338 g/mol. The zero-order valence-electron chi connectivity index (χ0n) is 15.2. The van der Waals surface area contributed by atoms with Gasteiger partial charge in [0.1, 0.15) is 11.6 Å². The molecule has 2 aromatic heterocycles. The maximum Gasteiger partial charge on any atom is 0.158 e. The number of piperazine rings is 1. The van der Waals surface area contributed by atoms with Crippen LogP contribution in [0.1, 0.15) is 5.69 Å². The summed E-state index contributed by atoms with van der Waals surface area (Å²) in [7, 11) is 0. The summed E-state index contributed by atoms with van der Waals surface area (Å²) in [5, 5.41) is 15.2. The van der Waals surface area contributed by atoms with Crippen LogP contribution in [0.25, 0.3) is 16.6 Å². The highest BCUT2D eigenvalue weighted by Crippen LogP contribution is 2.28. The minimum absolute atomic E-state index is 0.303. The summed E-state index contributed by atoms with van der Waals surface area (Å²) in [6.45, 7) is 5.65. The van der Waals surface area contributed by atoms with Crippen LogP contribution >= 0.6 is 0 Å². The van der Waals surface area contributed by atoms with Crippen LogP contribution in [0.2, 0.25) is 0 Å². The average Bonchev–Trinajstić information content (AvgIpc) is 3.09. The van der Waals surface area contributed by atoms with Crippen LogP contribution in [-0.4, -0.2) is 45.9 Å². The molecule has 0 saturated carbocycles. The highest BCUT2D eigenvalue weighted by Gasteiger charge is 2.21. The molecule has 1 N–H and O–H groups in total. The van der Waals surface area contributed by atoms with Gasteiger partial charge in [0.2, 0.25) is 0 Å². The number of nitrogens with zero attached hydrogens (tertiary/aromatic N) is 5. The van der Waals surface area contributed by atoms with Crippen molar-refractivity contribution in [2.45, 2.75) is 6.92 Å². The van der Waals surface area contributed by atoms with Gasteiger partial charge < -0.3 is 14.9 Å². The Kier molecular flexibility index (Phi) is 3.63. The van der Waals surface area contributed by atoms with E-state index in [4.69, 9.17) is 4.98 Å². The molecule has 0 atom stereocenters. The van der Waals surface area contributed by atoms with E-state index in [9.17, 15) is 5.11 Å². The summed E-state index contributed by atoms with van der Waals surface area (Å²) in [6, 6.07) is 17.8. The van der Waals surface area contributed by atoms with Crippen molar-refractivity contribution >= 4 is 28.1 Å². The van der Waals surface area contributed by atoms with E-state index in [1.165, 1.54) is 0 Å². The Labute approximate surface area is 157 Å². The lowest BCUT2D eigenvalue weighted by Crippen LogP contribution is -2.47. The standard InChI is InChI=1S/C21H21N5O/c1-15-14-20-22-21(18-4-2-3-5-19(18)26(20)23-15)25-12-10-24(11-13-25)16-6-8-17(27)9-7-16/h2-9,14,27H,10-13H2,1H3. The number of phenols is 1. The Morgan fingerprint density at radius 1 is 0.889 bits per heavy atom. The van der Waals surface area contributed by atoms with Crippen LogP contribution in [0.15, 0.2) is 54.6 Å². The average molecular weight is 359 g/mol. The van der Waals surface area contributed by atoms with Crippen molar-refractivity contribution in [2.75, 3.05) is 36.0 Å². The number of phenolic OH excluding ortho intramolecular Hbond substituents is 1. The highest BCUT2D eigenvalue weighted by atomic mass is 16.3. The smallest absolute Gasteiger partial charge is 0.158 e. The first-order valence-electron chi connectivity index (χ1n) is 9.23. The molecule has 0 radical (unpaired) electrons. The second-order valence-corrected chi connectivity index (χ2v) is 7.00. The summed E-state index contributed by atoms with van der Waals surface area (Å²) < 4.78 is 1.93. The molecule has 1 aliphatic heterocycles. The second-order valence-electron chi connectivity index (χ2n) is 7.00. The molecule has 3 heterocycles. The molecule has 2 aromatic carbocycles. The number of benzene rings is 2. The zero-order valence-corrected chi connectivity index (χ0v) is 15.2. The lowest BCUT2D eigenvalue weighted by atomic mass is 10.2. The van der Waals surface area contributed by atoms with Crippen molar-refractivity contribution in [3.8, 4) is 5.75 Å². The van der Waals surface area contributed by atoms with E-state index >= 15 is 0 Å². The number of fused-ring (bicyclic) bond motifs is 3. The summed E-state index contributed by atoms with van der Waals surface area (Å²) in [6.07, 6.45) is 0. The SMILES string of the molecule is Cc1cc2nc(N3CCN(c4ccc(O)cc4)CC3)c3ccccc3n2n1. The van der Waals surface area contributed by atoms with E-state index in [-0.39, 0.29) is 0 Å². The van der Waals surface area contributed by atoms with Crippen molar-refractivity contribution in [3.05, 3.63) is 60.3 Å². The molecule has 0 amide bonds. The first kappa shape index (κ1) is 15.9. The van der Waals surface area contributed by atoms with Crippen LogP contribution in [0.3, 0.4) is 0 Å².